The summed E-state index contributed by atoms with van der Waals surface area (Å²) in [5.41, 5.74) is 17.0. The molecule has 0 saturated carbocycles. The van der Waals surface area contributed by atoms with E-state index in [9.17, 15) is 75.2 Å². The third-order valence-corrected chi connectivity index (χ3v) is 14.6. The normalized spacial score (nSPS) is 10.2. The zero-order valence-corrected chi connectivity index (χ0v) is 70.7. The van der Waals surface area contributed by atoms with Gasteiger partial charge in [-0.15, -0.1) is 65.9 Å². The molecule has 0 aliphatic heterocycles. The van der Waals surface area contributed by atoms with Gasteiger partial charge in [0.1, 0.15) is 46.2 Å². The number of pyridine rings is 2. The van der Waals surface area contributed by atoms with Gasteiger partial charge in [-0.1, -0.05) is 57.0 Å². The summed E-state index contributed by atoms with van der Waals surface area (Å²) in [5, 5.41) is 27.6. The van der Waals surface area contributed by atoms with Gasteiger partial charge in [0.2, 0.25) is 0 Å². The predicted octanol–water partition coefficient (Wildman–Crippen LogP) is 17.3. The number of nitriles is 1. The number of alkyl halides is 15. The Morgan fingerprint density at radius 1 is 0.512 bits per heavy atom. The number of nitrogens with two attached hydrogens (primary N) is 2. The van der Waals surface area contributed by atoms with E-state index in [0.717, 1.165) is 47.4 Å². The Hall–Kier alpha value is -12.3. The number of nitrogen functional groups attached to an aromatic ring is 2. The van der Waals surface area contributed by atoms with Crippen molar-refractivity contribution < 1.29 is 162 Å². The summed E-state index contributed by atoms with van der Waals surface area (Å²) in [4.78, 5) is 83.4. The molecule has 0 aliphatic rings. The van der Waals surface area contributed by atoms with Gasteiger partial charge in [-0.3, -0.25) is 15.2 Å². The van der Waals surface area contributed by atoms with Crippen molar-refractivity contribution in [3.8, 4) is 57.6 Å². The number of carbonyl (C=O) groups is 1. The molecule has 0 unspecified atom stereocenters. The number of carbonyl (C=O) groups excluding carboxylic acids is 9. The molecule has 53 heteroatoms. The standard InChI is InChI=1S/C17H20F3N3O.C16H13ClF3N3O.C14H9ClF3N3O.C11H10F3N3O.C7H7F3N2O.C4H5NO.4CO2.CH4.Cl3OP.Li.H2O/c1-4-13(5-2)11-21-16-10-12(3)22-23(16)14-6-8-15(9-7-14)24-17(18,19)20;1-3-10-8-21-15-13(14(10)17)9(2)22-23(15)11-4-6-12(7-5-11)24-16(18,19)20;1-8-12-11(15)6-7-19-13(12)21(20-8)9-2-4-10(5-3-9)22-14(16,17)18;1-7-6-10(15)17(16-7)8-2-4-9(5-3-8)18-11(12,13)14;8-7(9,10)13-6-3-1-5(12-11)2-4-6;1-4(6)2-3-5;4*2-1-3;;1-5(2,3)4;;/h6-11,21H,4-5H2,1-3H3;4-8H,3H2,1-2H3;2-7H,1H3;2-6H,15H2,1H3;1-4,12H,11H2;2H2,1H3;;;;;1H4;;;1H2/q;;;;;;;;;;;;+1;/p-1. The number of allylic oxidation sites excluding steroid dienone is 1. The molecule has 0 atom stereocenters. The number of halogens is 20. The van der Waals surface area contributed by atoms with E-state index >= 15 is 0 Å². The monoisotopic (exact) mass is 1920 g/mol. The number of anilines is 3. The molecule has 0 bridgehead atoms. The molecule has 0 radical (unpaired) electrons. The van der Waals surface area contributed by atoms with Crippen LogP contribution >= 0.6 is 62.1 Å². The fourth-order valence-electron chi connectivity index (χ4n) is 9.20. The fourth-order valence-corrected chi connectivity index (χ4v) is 9.88. The Balaban J connectivity index is -0.00000143. The summed E-state index contributed by atoms with van der Waals surface area (Å²) >= 11 is 26.4. The first-order chi connectivity index (χ1) is 57.8. The number of aryl methyl sites for hydroxylation is 5. The van der Waals surface area contributed by atoms with Crippen LogP contribution in [0.2, 0.25) is 10.0 Å². The molecule has 11 rings (SSSR count). The maximum Gasteiger partial charge on any atom is 1.00 e. The number of nitrogens with zero attached hydrogens (tertiary/aromatic N) is 11. The number of fused-ring (bicyclic) bond motifs is 2. The van der Waals surface area contributed by atoms with Crippen LogP contribution in [0.4, 0.5) is 83.2 Å². The minimum Gasteiger partial charge on any atom is -0.870 e. The van der Waals surface area contributed by atoms with Crippen LogP contribution in [0.25, 0.3) is 44.8 Å². The van der Waals surface area contributed by atoms with E-state index in [0.29, 0.717) is 72.4 Å². The van der Waals surface area contributed by atoms with Crippen LogP contribution in [-0.2, 0) is 54.1 Å². The SMILES string of the molecule is C.CC(=O)CC#N.CCC(=CNc1cc(C)nn1-c1ccc(OC(F)(F)F)cc1)CC.CCc1cnc2c(c(C)nn2-c2ccc(OC(F)(F)F)cc2)c1Cl.Cc1cc(N)n(-c2ccc(OC(F)(F)F)cc2)n1.Cc1nn(-c2ccc(OC(F)(F)F)cc2)c2nccc(Cl)c12.NNc1ccc(OC(F)(F)F)cc1.O=C=O.O=C=O.O=C=O.O=C=O.O=P(Cl)(Cl)Cl.[Li+].[OH-]. The zero-order valence-electron chi connectivity index (χ0n) is 66.0. The van der Waals surface area contributed by atoms with Crippen LogP contribution in [0.15, 0.2) is 164 Å². The van der Waals surface area contributed by atoms with Crippen LogP contribution in [0.1, 0.15) is 82.7 Å². The number of ketones is 1. The van der Waals surface area contributed by atoms with Crippen molar-refractivity contribution in [1.29, 1.82) is 5.26 Å². The van der Waals surface area contributed by atoms with Crippen LogP contribution in [0, 0.1) is 39.0 Å². The third-order valence-electron chi connectivity index (χ3n) is 13.8. The third kappa shape index (κ3) is 47.0. The summed E-state index contributed by atoms with van der Waals surface area (Å²) in [6.07, 6.45) is -14.6. The number of rotatable bonds is 16. The van der Waals surface area contributed by atoms with Crippen LogP contribution < -0.4 is 64.9 Å². The Morgan fingerprint density at radius 2 is 0.819 bits per heavy atom. The van der Waals surface area contributed by atoms with E-state index in [1.807, 2.05) is 33.0 Å². The van der Waals surface area contributed by atoms with Gasteiger partial charge in [0.15, 0.2) is 11.3 Å². The van der Waals surface area contributed by atoms with Gasteiger partial charge in [-0.05, 0) is 221 Å². The summed E-state index contributed by atoms with van der Waals surface area (Å²) in [6, 6.07) is 33.7. The van der Waals surface area contributed by atoms with Gasteiger partial charge >= 0.3 is 80.5 Å². The van der Waals surface area contributed by atoms with Crippen LogP contribution in [0.5, 0.6) is 28.7 Å². The number of Topliss-reactive ketones (excluding diaryl/α,β-unsaturated/α-hetero) is 1. The molecule has 0 spiro atoms. The van der Waals surface area contributed by atoms with E-state index in [2.05, 4.69) is 112 Å². The minimum atomic E-state index is -4.72. The van der Waals surface area contributed by atoms with Gasteiger partial charge < -0.3 is 45.6 Å². The number of aromatic nitrogens is 10. The Bertz CT molecular complexity index is 5410. The van der Waals surface area contributed by atoms with E-state index < -0.39 is 37.0 Å². The summed E-state index contributed by atoms with van der Waals surface area (Å²) in [7, 11) is 0. The quantitative estimate of drug-likeness (QED) is 0.0229. The maximum atomic E-state index is 12.2. The molecule has 0 saturated heterocycles. The van der Waals surface area contributed by atoms with E-state index in [1.54, 1.807) is 53.8 Å². The number of nitrogens with one attached hydrogen (secondary N) is 2. The molecule has 127 heavy (non-hydrogen) atoms. The number of benzene rings is 5. The predicted molar refractivity (Wildman–Crippen MR) is 422 cm³/mol. The molecular weight excluding hydrogens is 1860 g/mol. The minimum absolute atomic E-state index is 0. The van der Waals surface area contributed by atoms with Crippen molar-refractivity contribution in [3.63, 3.8) is 0 Å². The average Bonchev–Trinajstić information content (AvgIpc) is 1.63. The topological polar surface area (TPSA) is 444 Å². The van der Waals surface area contributed by atoms with Crippen molar-refractivity contribution in [2.75, 3.05) is 16.5 Å². The van der Waals surface area contributed by atoms with Crippen molar-refractivity contribution in [2.24, 2.45) is 5.84 Å². The molecule has 6 heterocycles. The first-order valence-corrected chi connectivity index (χ1v) is 38.6. The average molecular weight is 1920 g/mol. The second-order valence-electron chi connectivity index (χ2n) is 22.6. The van der Waals surface area contributed by atoms with Crippen molar-refractivity contribution in [2.45, 2.75) is 120 Å². The van der Waals surface area contributed by atoms with Crippen molar-refractivity contribution in [1.82, 2.24) is 49.1 Å². The first kappa shape index (κ1) is 119. The van der Waals surface area contributed by atoms with Crippen LogP contribution in [-0.4, -0.2) is 117 Å². The summed E-state index contributed by atoms with van der Waals surface area (Å²) < 4.78 is 215. The number of hydrogen-bond donors (Lipinski definition) is 4. The zero-order chi connectivity index (χ0) is 94.7. The molecule has 31 nitrogen and oxygen atoms in total. The largest absolute Gasteiger partial charge is 1.00 e. The summed E-state index contributed by atoms with van der Waals surface area (Å²) in [5.74, 6) is 4.70. The molecule has 0 amide bonds. The summed E-state index contributed by atoms with van der Waals surface area (Å²) in [6.45, 7) is 14.8. The number of hydrazine groups is 1. The van der Waals surface area contributed by atoms with Gasteiger partial charge in [0, 0.05) is 36.4 Å². The molecule has 5 aromatic carbocycles. The molecule has 0 aliphatic carbocycles. The molecule has 682 valence electrons. The molecule has 7 N–H and O–H groups in total. The molecule has 0 fully saturated rings. The van der Waals surface area contributed by atoms with Gasteiger partial charge in [0.25, 0.3) is 0 Å². The fraction of sp³-hybridized carbons (Fsp3) is 0.243. The first-order valence-electron chi connectivity index (χ1n) is 33.4. The van der Waals surface area contributed by atoms with Crippen molar-refractivity contribution in [3.05, 3.63) is 202 Å². The van der Waals surface area contributed by atoms with E-state index in [-0.39, 0.29) is 97.3 Å². The maximum absolute atomic E-state index is 12.2. The van der Waals surface area contributed by atoms with Gasteiger partial charge in [-0.2, -0.15) is 64.0 Å². The molecule has 6 aromatic heterocycles. The van der Waals surface area contributed by atoms with Crippen molar-refractivity contribution >= 4 is 132 Å². The van der Waals surface area contributed by atoms with E-state index in [4.69, 9.17) is 78.4 Å². The molecule has 11 aromatic rings. The van der Waals surface area contributed by atoms with Gasteiger partial charge in [0.05, 0.1) is 78.8 Å². The Labute approximate surface area is 746 Å². The van der Waals surface area contributed by atoms with Crippen LogP contribution in [0.3, 0.4) is 0 Å². The second-order valence-corrected chi connectivity index (χ2v) is 30.1. The Kier molecular flexibility index (Phi) is 53.7. The number of ether oxygens (including phenoxy) is 5. The Morgan fingerprint density at radius 3 is 1.11 bits per heavy atom. The smallest absolute Gasteiger partial charge is 0.870 e. The number of hydrogen-bond acceptors (Lipinski definition) is 27. The molecular formula is C74H69Cl5F15LiN15O16P. The van der Waals surface area contributed by atoms with E-state index in [1.165, 1.54) is 143 Å². The second kappa shape index (κ2) is 57.4. The van der Waals surface area contributed by atoms with Gasteiger partial charge in [-0.25, -0.2) is 28.7 Å².